The molecular formula is C8H13NO6S. The summed E-state index contributed by atoms with van der Waals surface area (Å²) in [5, 5.41) is 10.6. The standard InChI is InChI=1S/C8H13NO6S/c1-3-4-15-8(12)9-6(7(10)11)5-16(2,13)14/h3,6H,1,4-5H2,2H3,(H,9,12)(H,10,11)/t6-/m0/s1. The summed E-state index contributed by atoms with van der Waals surface area (Å²) in [5.41, 5.74) is 0. The quantitative estimate of drug-likeness (QED) is 0.610. The molecule has 0 aromatic heterocycles. The molecule has 8 heteroatoms. The van der Waals surface area contributed by atoms with Gasteiger partial charge in [-0.05, 0) is 0 Å². The molecule has 7 nitrogen and oxygen atoms in total. The van der Waals surface area contributed by atoms with Crippen LogP contribution in [-0.2, 0) is 19.4 Å². The van der Waals surface area contributed by atoms with Gasteiger partial charge in [0, 0.05) is 6.26 Å². The number of carboxylic acids is 1. The highest BCUT2D eigenvalue weighted by Gasteiger charge is 2.24. The monoisotopic (exact) mass is 251 g/mol. The molecule has 0 fully saturated rings. The van der Waals surface area contributed by atoms with Crippen LogP contribution in [0.1, 0.15) is 0 Å². The second-order valence-electron chi connectivity index (χ2n) is 3.01. The first-order valence-electron chi connectivity index (χ1n) is 4.21. The van der Waals surface area contributed by atoms with Gasteiger partial charge in [0.15, 0.2) is 0 Å². The molecule has 16 heavy (non-hydrogen) atoms. The lowest BCUT2D eigenvalue weighted by Crippen LogP contribution is -2.45. The number of nitrogens with one attached hydrogen (secondary N) is 1. The average molecular weight is 251 g/mol. The predicted molar refractivity (Wildman–Crippen MR) is 55.8 cm³/mol. The van der Waals surface area contributed by atoms with E-state index in [4.69, 9.17) is 5.11 Å². The Balaban J connectivity index is 4.40. The maximum atomic E-state index is 11.0. The van der Waals surface area contributed by atoms with Gasteiger partial charge in [-0.25, -0.2) is 18.0 Å². The Morgan fingerprint density at radius 3 is 2.50 bits per heavy atom. The van der Waals surface area contributed by atoms with Crippen LogP contribution in [0, 0.1) is 0 Å². The number of hydrogen-bond donors (Lipinski definition) is 2. The van der Waals surface area contributed by atoms with E-state index in [-0.39, 0.29) is 6.61 Å². The number of hydrogen-bond acceptors (Lipinski definition) is 5. The number of rotatable bonds is 6. The zero-order valence-electron chi connectivity index (χ0n) is 8.67. The first kappa shape index (κ1) is 14.4. The van der Waals surface area contributed by atoms with Crippen LogP contribution in [-0.4, -0.2) is 50.2 Å². The smallest absolute Gasteiger partial charge is 0.408 e. The van der Waals surface area contributed by atoms with Crippen molar-refractivity contribution in [1.29, 1.82) is 0 Å². The first-order valence-corrected chi connectivity index (χ1v) is 6.27. The third kappa shape index (κ3) is 6.82. The predicted octanol–water partition coefficient (Wildman–Crippen LogP) is -0.604. The first-order chi connectivity index (χ1) is 7.26. The van der Waals surface area contributed by atoms with Crippen molar-refractivity contribution in [3.63, 3.8) is 0 Å². The van der Waals surface area contributed by atoms with Crippen molar-refractivity contribution in [2.75, 3.05) is 18.6 Å². The molecule has 92 valence electrons. The van der Waals surface area contributed by atoms with Crippen LogP contribution >= 0.6 is 0 Å². The van der Waals surface area contributed by atoms with E-state index in [0.717, 1.165) is 6.26 Å². The molecule has 0 aliphatic rings. The summed E-state index contributed by atoms with van der Waals surface area (Å²) in [4.78, 5) is 21.6. The van der Waals surface area contributed by atoms with Gasteiger partial charge in [-0.2, -0.15) is 0 Å². The molecule has 1 atom stereocenters. The van der Waals surface area contributed by atoms with Crippen molar-refractivity contribution < 1.29 is 27.9 Å². The molecule has 0 aliphatic carbocycles. The van der Waals surface area contributed by atoms with Crippen LogP contribution in [0.25, 0.3) is 0 Å². The van der Waals surface area contributed by atoms with E-state index in [9.17, 15) is 18.0 Å². The Labute approximate surface area is 93.0 Å². The third-order valence-electron chi connectivity index (χ3n) is 1.39. The number of ether oxygens (including phenoxy) is 1. The van der Waals surface area contributed by atoms with Crippen molar-refractivity contribution in [3.8, 4) is 0 Å². The summed E-state index contributed by atoms with van der Waals surface area (Å²) in [5.74, 6) is -2.13. The molecule has 0 saturated carbocycles. The molecular weight excluding hydrogens is 238 g/mol. The molecule has 0 unspecified atom stereocenters. The highest BCUT2D eigenvalue weighted by molar-refractivity contribution is 7.90. The summed E-state index contributed by atoms with van der Waals surface area (Å²) in [6, 6.07) is -1.52. The van der Waals surface area contributed by atoms with Crippen LogP contribution in [0.2, 0.25) is 0 Å². The van der Waals surface area contributed by atoms with E-state index >= 15 is 0 Å². The summed E-state index contributed by atoms with van der Waals surface area (Å²) in [7, 11) is -3.51. The number of aliphatic carboxylic acids is 1. The van der Waals surface area contributed by atoms with E-state index in [2.05, 4.69) is 11.3 Å². The molecule has 1 amide bonds. The van der Waals surface area contributed by atoms with E-state index in [1.807, 2.05) is 5.32 Å². The van der Waals surface area contributed by atoms with Gasteiger partial charge in [-0.3, -0.25) is 0 Å². The fourth-order valence-electron chi connectivity index (χ4n) is 0.796. The minimum atomic E-state index is -3.51. The van der Waals surface area contributed by atoms with E-state index < -0.39 is 33.7 Å². The summed E-state index contributed by atoms with van der Waals surface area (Å²) >= 11 is 0. The fourth-order valence-corrected chi connectivity index (χ4v) is 1.63. The maximum absolute atomic E-state index is 11.0. The highest BCUT2D eigenvalue weighted by atomic mass is 32.2. The molecule has 0 aromatic carbocycles. The number of alkyl carbamates (subject to hydrolysis) is 1. The lowest BCUT2D eigenvalue weighted by Gasteiger charge is -2.12. The van der Waals surface area contributed by atoms with Gasteiger partial charge in [-0.15, -0.1) is 0 Å². The minimum absolute atomic E-state index is 0.0863. The zero-order chi connectivity index (χ0) is 12.8. The molecule has 0 heterocycles. The van der Waals surface area contributed by atoms with Gasteiger partial charge in [0.25, 0.3) is 0 Å². The molecule has 2 N–H and O–H groups in total. The van der Waals surface area contributed by atoms with Gasteiger partial charge in [-0.1, -0.05) is 12.7 Å². The molecule has 0 spiro atoms. The van der Waals surface area contributed by atoms with Crippen molar-refractivity contribution in [2.45, 2.75) is 6.04 Å². The lowest BCUT2D eigenvalue weighted by molar-refractivity contribution is -0.138. The van der Waals surface area contributed by atoms with E-state index in [1.54, 1.807) is 0 Å². The van der Waals surface area contributed by atoms with Crippen LogP contribution < -0.4 is 5.32 Å². The number of carbonyl (C=O) groups is 2. The maximum Gasteiger partial charge on any atom is 0.408 e. The normalized spacial score (nSPS) is 12.6. The van der Waals surface area contributed by atoms with Gasteiger partial charge in [0.2, 0.25) is 0 Å². The Morgan fingerprint density at radius 1 is 1.56 bits per heavy atom. The van der Waals surface area contributed by atoms with Gasteiger partial charge in [0.1, 0.15) is 22.5 Å². The van der Waals surface area contributed by atoms with Gasteiger partial charge in [0.05, 0.1) is 5.75 Å². The average Bonchev–Trinajstić information content (AvgIpc) is 2.11. The van der Waals surface area contributed by atoms with Crippen LogP contribution in [0.4, 0.5) is 4.79 Å². The molecule has 0 aliphatic heterocycles. The van der Waals surface area contributed by atoms with Crippen LogP contribution in [0.15, 0.2) is 12.7 Å². The van der Waals surface area contributed by atoms with Crippen molar-refractivity contribution in [3.05, 3.63) is 12.7 Å². The number of sulfone groups is 1. The molecule has 0 bridgehead atoms. The number of carboxylic acid groups (broad SMARTS) is 1. The minimum Gasteiger partial charge on any atom is -0.480 e. The lowest BCUT2D eigenvalue weighted by atomic mass is 10.3. The molecule has 0 saturated heterocycles. The van der Waals surface area contributed by atoms with Crippen LogP contribution in [0.5, 0.6) is 0 Å². The molecule has 0 rings (SSSR count). The Kier molecular flexibility index (Phi) is 5.51. The Bertz CT molecular complexity index is 374. The van der Waals surface area contributed by atoms with Crippen molar-refractivity contribution in [1.82, 2.24) is 5.32 Å². The number of carbonyl (C=O) groups excluding carboxylic acids is 1. The number of amides is 1. The van der Waals surface area contributed by atoms with E-state index in [0.29, 0.717) is 0 Å². The zero-order valence-corrected chi connectivity index (χ0v) is 9.49. The SMILES string of the molecule is C=CCOC(=O)N[C@@H](CS(C)(=O)=O)C(=O)O. The second kappa shape index (κ2) is 6.11. The van der Waals surface area contributed by atoms with Crippen molar-refractivity contribution in [2.24, 2.45) is 0 Å². The van der Waals surface area contributed by atoms with Crippen LogP contribution in [0.3, 0.4) is 0 Å². The van der Waals surface area contributed by atoms with E-state index in [1.165, 1.54) is 6.08 Å². The highest BCUT2D eigenvalue weighted by Crippen LogP contribution is 1.93. The second-order valence-corrected chi connectivity index (χ2v) is 5.20. The topological polar surface area (TPSA) is 110 Å². The van der Waals surface area contributed by atoms with Crippen molar-refractivity contribution >= 4 is 21.9 Å². The third-order valence-corrected chi connectivity index (χ3v) is 2.33. The fraction of sp³-hybridized carbons (Fsp3) is 0.500. The summed E-state index contributed by atoms with van der Waals surface area (Å²) < 4.78 is 26.2. The summed E-state index contributed by atoms with van der Waals surface area (Å²) in [6.07, 6.45) is 1.17. The summed E-state index contributed by atoms with van der Waals surface area (Å²) in [6.45, 7) is 3.20. The molecule has 0 aromatic rings. The largest absolute Gasteiger partial charge is 0.480 e. The Hall–Kier alpha value is -1.57. The van der Waals surface area contributed by atoms with Gasteiger partial charge < -0.3 is 15.2 Å². The Morgan fingerprint density at radius 2 is 2.12 bits per heavy atom. The van der Waals surface area contributed by atoms with Gasteiger partial charge >= 0.3 is 12.1 Å². The molecule has 0 radical (unpaired) electrons.